The molecular weight excluding hydrogens is 207 g/mol. The van der Waals surface area contributed by atoms with Crippen molar-refractivity contribution in [1.29, 1.82) is 5.26 Å². The predicted molar refractivity (Wildman–Crippen MR) is 49.0 cm³/mol. The standard InChI is InChI=1S/C9H6ClFN2O/c10-7-3-5(1-2-8(7)11)6(4-12)9(13)14/h1-3,6H,(H2,13,14). The van der Waals surface area contributed by atoms with Crippen LogP contribution in [0.3, 0.4) is 0 Å². The molecular formula is C9H6ClFN2O. The minimum absolute atomic E-state index is 0.135. The van der Waals surface area contributed by atoms with Crippen LogP contribution >= 0.6 is 11.6 Å². The summed E-state index contributed by atoms with van der Waals surface area (Å²) in [6.45, 7) is 0. The molecule has 0 heterocycles. The lowest BCUT2D eigenvalue weighted by molar-refractivity contribution is -0.118. The van der Waals surface area contributed by atoms with E-state index in [1.165, 1.54) is 12.1 Å². The SMILES string of the molecule is N#CC(C(N)=O)c1ccc(F)c(Cl)c1. The third-order valence-corrected chi connectivity index (χ3v) is 1.98. The number of halogens is 2. The Morgan fingerprint density at radius 3 is 2.71 bits per heavy atom. The molecule has 0 saturated heterocycles. The van der Waals surface area contributed by atoms with Gasteiger partial charge in [0.15, 0.2) is 0 Å². The maximum absolute atomic E-state index is 12.7. The molecule has 1 unspecified atom stereocenters. The lowest BCUT2D eigenvalue weighted by Crippen LogP contribution is -2.20. The normalized spacial score (nSPS) is 11.8. The fraction of sp³-hybridized carbons (Fsp3) is 0.111. The third kappa shape index (κ3) is 2.01. The summed E-state index contributed by atoms with van der Waals surface area (Å²) in [6.07, 6.45) is 0. The van der Waals surface area contributed by atoms with Crippen molar-refractivity contribution < 1.29 is 9.18 Å². The molecule has 0 aliphatic heterocycles. The van der Waals surface area contributed by atoms with Gasteiger partial charge in [0.05, 0.1) is 11.1 Å². The van der Waals surface area contributed by atoms with E-state index < -0.39 is 17.6 Å². The van der Waals surface area contributed by atoms with Crippen molar-refractivity contribution in [2.24, 2.45) is 5.73 Å². The van der Waals surface area contributed by atoms with Crippen LogP contribution in [0.4, 0.5) is 4.39 Å². The number of benzene rings is 1. The highest BCUT2D eigenvalue weighted by Crippen LogP contribution is 2.21. The van der Waals surface area contributed by atoms with Crippen LogP contribution in [0, 0.1) is 17.1 Å². The first-order valence-corrected chi connectivity index (χ1v) is 4.08. The second-order valence-electron chi connectivity index (χ2n) is 2.64. The Bertz CT molecular complexity index is 414. The third-order valence-electron chi connectivity index (χ3n) is 1.69. The number of carbonyl (C=O) groups is 1. The van der Waals surface area contributed by atoms with E-state index in [0.717, 1.165) is 6.07 Å². The molecule has 1 amide bonds. The summed E-state index contributed by atoms with van der Waals surface area (Å²) in [7, 11) is 0. The van der Waals surface area contributed by atoms with Gasteiger partial charge in [0.25, 0.3) is 0 Å². The van der Waals surface area contributed by atoms with Crippen LogP contribution < -0.4 is 5.73 Å². The molecule has 2 N–H and O–H groups in total. The van der Waals surface area contributed by atoms with Crippen molar-refractivity contribution in [2.75, 3.05) is 0 Å². The maximum atomic E-state index is 12.7. The van der Waals surface area contributed by atoms with Crippen molar-refractivity contribution in [1.82, 2.24) is 0 Å². The topological polar surface area (TPSA) is 66.9 Å². The molecule has 0 saturated carbocycles. The van der Waals surface area contributed by atoms with Gasteiger partial charge in [0, 0.05) is 0 Å². The van der Waals surface area contributed by atoms with Gasteiger partial charge in [-0.15, -0.1) is 0 Å². The highest BCUT2D eigenvalue weighted by Gasteiger charge is 2.17. The molecule has 0 aliphatic rings. The number of rotatable bonds is 2. The molecule has 0 aromatic heterocycles. The highest BCUT2D eigenvalue weighted by atomic mass is 35.5. The van der Waals surface area contributed by atoms with E-state index in [0.29, 0.717) is 5.56 Å². The second kappa shape index (κ2) is 4.07. The van der Waals surface area contributed by atoms with Gasteiger partial charge in [0.1, 0.15) is 11.7 Å². The van der Waals surface area contributed by atoms with E-state index in [1.54, 1.807) is 6.07 Å². The van der Waals surface area contributed by atoms with Gasteiger partial charge in [-0.25, -0.2) is 4.39 Å². The van der Waals surface area contributed by atoms with E-state index >= 15 is 0 Å². The number of nitriles is 1. The molecule has 0 fully saturated rings. The second-order valence-corrected chi connectivity index (χ2v) is 3.05. The summed E-state index contributed by atoms with van der Waals surface area (Å²) < 4.78 is 12.7. The smallest absolute Gasteiger partial charge is 0.239 e. The predicted octanol–water partition coefficient (Wildman–Crippen LogP) is 1.57. The maximum Gasteiger partial charge on any atom is 0.239 e. The zero-order valence-electron chi connectivity index (χ0n) is 7.00. The Labute approximate surface area is 84.9 Å². The first-order valence-electron chi connectivity index (χ1n) is 3.70. The van der Waals surface area contributed by atoms with Gasteiger partial charge in [0.2, 0.25) is 5.91 Å². The molecule has 5 heteroatoms. The van der Waals surface area contributed by atoms with Crippen molar-refractivity contribution in [3.8, 4) is 6.07 Å². The molecule has 1 aromatic carbocycles. The molecule has 72 valence electrons. The minimum Gasteiger partial charge on any atom is -0.368 e. The zero-order chi connectivity index (χ0) is 10.7. The Kier molecular flexibility index (Phi) is 3.05. The average Bonchev–Trinajstić information content (AvgIpc) is 2.11. The Morgan fingerprint density at radius 1 is 1.64 bits per heavy atom. The number of hydrogen-bond donors (Lipinski definition) is 1. The molecule has 1 atom stereocenters. The van der Waals surface area contributed by atoms with Gasteiger partial charge in [-0.1, -0.05) is 17.7 Å². The van der Waals surface area contributed by atoms with Crippen LogP contribution in [-0.4, -0.2) is 5.91 Å². The molecule has 1 rings (SSSR count). The fourth-order valence-electron chi connectivity index (χ4n) is 0.994. The van der Waals surface area contributed by atoms with E-state index in [4.69, 9.17) is 22.6 Å². The fourth-order valence-corrected chi connectivity index (χ4v) is 1.18. The van der Waals surface area contributed by atoms with Gasteiger partial charge >= 0.3 is 0 Å². The minimum atomic E-state index is -1.09. The van der Waals surface area contributed by atoms with Crippen molar-refractivity contribution in [2.45, 2.75) is 5.92 Å². The highest BCUT2D eigenvalue weighted by molar-refractivity contribution is 6.30. The first-order chi connectivity index (χ1) is 6.56. The van der Waals surface area contributed by atoms with E-state index in [1.807, 2.05) is 0 Å². The van der Waals surface area contributed by atoms with Gasteiger partial charge in [-0.3, -0.25) is 4.79 Å². The number of amides is 1. The molecule has 14 heavy (non-hydrogen) atoms. The van der Waals surface area contributed by atoms with Gasteiger partial charge < -0.3 is 5.73 Å². The number of primary amides is 1. The monoisotopic (exact) mass is 212 g/mol. The largest absolute Gasteiger partial charge is 0.368 e. The van der Waals surface area contributed by atoms with Crippen molar-refractivity contribution in [3.63, 3.8) is 0 Å². The quantitative estimate of drug-likeness (QED) is 0.809. The summed E-state index contributed by atoms with van der Waals surface area (Å²) in [6, 6.07) is 5.32. The summed E-state index contributed by atoms with van der Waals surface area (Å²) in [5, 5.41) is 8.49. The van der Waals surface area contributed by atoms with Crippen molar-refractivity contribution >= 4 is 17.5 Å². The molecule has 0 aliphatic carbocycles. The Morgan fingerprint density at radius 2 is 2.29 bits per heavy atom. The summed E-state index contributed by atoms with van der Waals surface area (Å²) >= 11 is 5.48. The zero-order valence-corrected chi connectivity index (χ0v) is 7.75. The summed E-state index contributed by atoms with van der Waals surface area (Å²) in [4.78, 5) is 10.8. The van der Waals surface area contributed by atoms with Crippen molar-refractivity contribution in [3.05, 3.63) is 34.6 Å². The number of hydrogen-bond acceptors (Lipinski definition) is 2. The van der Waals surface area contributed by atoms with E-state index in [-0.39, 0.29) is 5.02 Å². The molecule has 0 bridgehead atoms. The molecule has 1 aromatic rings. The van der Waals surface area contributed by atoms with Crippen LogP contribution in [0.1, 0.15) is 11.5 Å². The lowest BCUT2D eigenvalue weighted by atomic mass is 10.0. The van der Waals surface area contributed by atoms with Crippen LogP contribution in [0.15, 0.2) is 18.2 Å². The van der Waals surface area contributed by atoms with E-state index in [9.17, 15) is 9.18 Å². The summed E-state index contributed by atoms with van der Waals surface area (Å²) in [5.41, 5.74) is 5.27. The lowest BCUT2D eigenvalue weighted by Gasteiger charge is -2.05. The van der Waals surface area contributed by atoms with Crippen LogP contribution in [0.2, 0.25) is 5.02 Å². The first kappa shape index (κ1) is 10.5. The van der Waals surface area contributed by atoms with Crippen LogP contribution in [0.5, 0.6) is 0 Å². The molecule has 0 spiro atoms. The molecule has 0 radical (unpaired) electrons. The Hall–Kier alpha value is -1.60. The average molecular weight is 213 g/mol. The number of carbonyl (C=O) groups excluding carboxylic acids is 1. The van der Waals surface area contributed by atoms with Crippen LogP contribution in [0.25, 0.3) is 0 Å². The Balaban J connectivity index is 3.14. The number of nitrogens with zero attached hydrogens (tertiary/aromatic N) is 1. The molecule has 3 nitrogen and oxygen atoms in total. The van der Waals surface area contributed by atoms with Gasteiger partial charge in [-0.2, -0.15) is 5.26 Å². The van der Waals surface area contributed by atoms with Crippen LogP contribution in [-0.2, 0) is 4.79 Å². The summed E-state index contributed by atoms with van der Waals surface area (Å²) in [5.74, 6) is -2.47. The van der Waals surface area contributed by atoms with Gasteiger partial charge in [-0.05, 0) is 17.7 Å². The van der Waals surface area contributed by atoms with E-state index in [2.05, 4.69) is 0 Å². The number of nitrogens with two attached hydrogens (primary N) is 1.